The van der Waals surface area contributed by atoms with E-state index in [4.69, 9.17) is 9.84 Å². The lowest BCUT2D eigenvalue weighted by Crippen LogP contribution is -2.50. The van der Waals surface area contributed by atoms with Gasteiger partial charge in [-0.05, 0) is 30.7 Å². The summed E-state index contributed by atoms with van der Waals surface area (Å²) in [4.78, 5) is 25.6. The maximum atomic E-state index is 12.8. The zero-order chi connectivity index (χ0) is 17.2. The summed E-state index contributed by atoms with van der Waals surface area (Å²) in [5.41, 5.74) is 0.938. The fourth-order valence-electron chi connectivity index (χ4n) is 2.98. The maximum Gasteiger partial charge on any atom is 0.335 e. The van der Waals surface area contributed by atoms with Crippen LogP contribution in [0, 0.1) is 0 Å². The van der Waals surface area contributed by atoms with Crippen LogP contribution < -0.4 is 0 Å². The number of morpholine rings is 1. The van der Waals surface area contributed by atoms with Crippen molar-refractivity contribution in [2.24, 2.45) is 0 Å². The molecular formula is C19H19NO4. The maximum absolute atomic E-state index is 12.8. The molecule has 1 N–H and O–H groups in total. The van der Waals surface area contributed by atoms with Crippen molar-refractivity contribution in [3.8, 4) is 0 Å². The zero-order valence-electron chi connectivity index (χ0n) is 13.4. The van der Waals surface area contributed by atoms with Crippen molar-refractivity contribution >= 4 is 11.9 Å². The number of nitrogens with zero attached hydrogens (tertiary/aromatic N) is 1. The number of rotatable bonds is 3. The van der Waals surface area contributed by atoms with Gasteiger partial charge < -0.3 is 14.7 Å². The molecule has 1 atom stereocenters. The lowest BCUT2D eigenvalue weighted by atomic mass is 9.93. The molecule has 2 aromatic carbocycles. The average Bonchev–Trinajstić information content (AvgIpc) is 2.62. The summed E-state index contributed by atoms with van der Waals surface area (Å²) in [6.07, 6.45) is 0. The van der Waals surface area contributed by atoms with Crippen LogP contribution in [0.4, 0.5) is 0 Å². The van der Waals surface area contributed by atoms with Crippen LogP contribution in [0.1, 0.15) is 33.2 Å². The minimum Gasteiger partial charge on any atom is -0.478 e. The van der Waals surface area contributed by atoms with E-state index in [2.05, 4.69) is 0 Å². The van der Waals surface area contributed by atoms with E-state index in [1.165, 1.54) is 12.1 Å². The van der Waals surface area contributed by atoms with Gasteiger partial charge in [-0.25, -0.2) is 4.79 Å². The van der Waals surface area contributed by atoms with Gasteiger partial charge >= 0.3 is 5.97 Å². The van der Waals surface area contributed by atoms with Crippen molar-refractivity contribution in [1.82, 2.24) is 4.90 Å². The molecule has 1 heterocycles. The molecule has 124 valence electrons. The number of carbonyl (C=O) groups excluding carboxylic acids is 1. The lowest BCUT2D eigenvalue weighted by molar-refractivity contribution is -0.0930. The SMILES string of the molecule is CC1(c2ccccc2)CN(C(=O)c2cccc(C(=O)O)c2)CCO1. The van der Waals surface area contributed by atoms with E-state index in [1.54, 1.807) is 17.0 Å². The summed E-state index contributed by atoms with van der Waals surface area (Å²) in [6, 6.07) is 15.9. The summed E-state index contributed by atoms with van der Waals surface area (Å²) in [5.74, 6) is -1.22. The second kappa shape index (κ2) is 6.45. The molecule has 3 rings (SSSR count). The normalized spacial score (nSPS) is 20.6. The molecular weight excluding hydrogens is 306 g/mol. The molecule has 1 aliphatic heterocycles. The fraction of sp³-hybridized carbons (Fsp3) is 0.263. The number of carboxylic acids is 1. The number of carbonyl (C=O) groups is 2. The summed E-state index contributed by atoms with van der Waals surface area (Å²) in [5, 5.41) is 9.09. The first kappa shape index (κ1) is 16.2. The third kappa shape index (κ3) is 3.16. The number of aromatic carboxylic acids is 1. The molecule has 1 fully saturated rings. The van der Waals surface area contributed by atoms with Gasteiger partial charge in [-0.1, -0.05) is 36.4 Å². The Bertz CT molecular complexity index is 759. The molecule has 0 bridgehead atoms. The van der Waals surface area contributed by atoms with E-state index in [1.807, 2.05) is 37.3 Å². The second-order valence-electron chi connectivity index (χ2n) is 6.06. The van der Waals surface area contributed by atoms with Crippen molar-refractivity contribution in [2.75, 3.05) is 19.7 Å². The van der Waals surface area contributed by atoms with Crippen molar-refractivity contribution < 1.29 is 19.4 Å². The molecule has 0 radical (unpaired) electrons. The minimum atomic E-state index is -1.04. The largest absolute Gasteiger partial charge is 0.478 e. The van der Waals surface area contributed by atoms with Gasteiger partial charge in [0.1, 0.15) is 5.60 Å². The molecule has 5 heteroatoms. The van der Waals surface area contributed by atoms with Crippen LogP contribution in [0.3, 0.4) is 0 Å². The number of hydrogen-bond donors (Lipinski definition) is 1. The van der Waals surface area contributed by atoms with Crippen LogP contribution in [0.15, 0.2) is 54.6 Å². The Kier molecular flexibility index (Phi) is 4.36. The van der Waals surface area contributed by atoms with Crippen LogP contribution in [0.2, 0.25) is 0 Å². The van der Waals surface area contributed by atoms with E-state index < -0.39 is 11.6 Å². The predicted octanol–water partition coefficient (Wildman–Crippen LogP) is 2.77. The van der Waals surface area contributed by atoms with E-state index in [0.717, 1.165) is 5.56 Å². The number of hydrogen-bond acceptors (Lipinski definition) is 3. The van der Waals surface area contributed by atoms with Crippen LogP contribution in [0.5, 0.6) is 0 Å². The molecule has 0 saturated carbocycles. The van der Waals surface area contributed by atoms with Gasteiger partial charge in [0.05, 0.1) is 18.7 Å². The first-order valence-electron chi connectivity index (χ1n) is 7.82. The third-order valence-electron chi connectivity index (χ3n) is 4.30. The van der Waals surface area contributed by atoms with E-state index in [0.29, 0.717) is 25.3 Å². The third-order valence-corrected chi connectivity index (χ3v) is 4.30. The Morgan fingerprint density at radius 3 is 2.50 bits per heavy atom. The van der Waals surface area contributed by atoms with Gasteiger partial charge in [0.25, 0.3) is 5.91 Å². The molecule has 0 aromatic heterocycles. The highest BCUT2D eigenvalue weighted by Crippen LogP contribution is 2.30. The van der Waals surface area contributed by atoms with E-state index in [-0.39, 0.29) is 11.5 Å². The zero-order valence-corrected chi connectivity index (χ0v) is 13.4. The molecule has 5 nitrogen and oxygen atoms in total. The standard InChI is InChI=1S/C19H19NO4/c1-19(16-8-3-2-4-9-16)13-20(10-11-24-19)17(21)14-6-5-7-15(12-14)18(22)23/h2-9,12H,10-11,13H2,1H3,(H,22,23). The molecule has 1 unspecified atom stereocenters. The lowest BCUT2D eigenvalue weighted by Gasteiger charge is -2.41. The Balaban J connectivity index is 1.83. The number of amides is 1. The van der Waals surface area contributed by atoms with Gasteiger partial charge in [-0.2, -0.15) is 0 Å². The fourth-order valence-corrected chi connectivity index (χ4v) is 2.98. The second-order valence-corrected chi connectivity index (χ2v) is 6.06. The van der Waals surface area contributed by atoms with Crippen LogP contribution in [-0.2, 0) is 10.3 Å². The number of benzene rings is 2. The van der Waals surface area contributed by atoms with Crippen molar-refractivity contribution in [1.29, 1.82) is 0 Å². The molecule has 1 saturated heterocycles. The minimum absolute atomic E-state index is 0.111. The van der Waals surface area contributed by atoms with Gasteiger partial charge in [0, 0.05) is 12.1 Å². The Labute approximate surface area is 140 Å². The predicted molar refractivity (Wildman–Crippen MR) is 89.1 cm³/mol. The monoisotopic (exact) mass is 325 g/mol. The van der Waals surface area contributed by atoms with Crippen LogP contribution in [0.25, 0.3) is 0 Å². The van der Waals surface area contributed by atoms with Crippen LogP contribution >= 0.6 is 0 Å². The van der Waals surface area contributed by atoms with Gasteiger partial charge in [-0.15, -0.1) is 0 Å². The van der Waals surface area contributed by atoms with Crippen molar-refractivity contribution in [3.05, 3.63) is 71.3 Å². The highest BCUT2D eigenvalue weighted by molar-refractivity contribution is 5.97. The van der Waals surface area contributed by atoms with Crippen LogP contribution in [-0.4, -0.2) is 41.6 Å². The smallest absolute Gasteiger partial charge is 0.335 e. The van der Waals surface area contributed by atoms with Gasteiger partial charge in [-0.3, -0.25) is 4.79 Å². The van der Waals surface area contributed by atoms with Crippen molar-refractivity contribution in [2.45, 2.75) is 12.5 Å². The first-order chi connectivity index (χ1) is 11.5. The summed E-state index contributed by atoms with van der Waals surface area (Å²) in [7, 11) is 0. The van der Waals surface area contributed by atoms with Crippen molar-refractivity contribution in [3.63, 3.8) is 0 Å². The summed E-state index contributed by atoms with van der Waals surface area (Å²) < 4.78 is 5.94. The number of ether oxygens (including phenoxy) is 1. The first-order valence-corrected chi connectivity index (χ1v) is 7.82. The Hall–Kier alpha value is -2.66. The van der Waals surface area contributed by atoms with E-state index >= 15 is 0 Å². The molecule has 0 spiro atoms. The highest BCUT2D eigenvalue weighted by Gasteiger charge is 2.36. The molecule has 2 aromatic rings. The topological polar surface area (TPSA) is 66.8 Å². The molecule has 1 aliphatic rings. The molecule has 1 amide bonds. The summed E-state index contributed by atoms with van der Waals surface area (Å²) in [6.45, 7) is 3.32. The average molecular weight is 325 g/mol. The van der Waals surface area contributed by atoms with Gasteiger partial charge in [0.2, 0.25) is 0 Å². The number of carboxylic acid groups (broad SMARTS) is 1. The Morgan fingerprint density at radius 2 is 1.79 bits per heavy atom. The Morgan fingerprint density at radius 1 is 1.08 bits per heavy atom. The summed E-state index contributed by atoms with van der Waals surface area (Å²) >= 11 is 0. The molecule has 0 aliphatic carbocycles. The highest BCUT2D eigenvalue weighted by atomic mass is 16.5. The van der Waals surface area contributed by atoms with E-state index in [9.17, 15) is 9.59 Å². The van der Waals surface area contributed by atoms with Gasteiger partial charge in [0.15, 0.2) is 0 Å². The quantitative estimate of drug-likeness (QED) is 0.942. The molecule has 24 heavy (non-hydrogen) atoms.